The van der Waals surface area contributed by atoms with Gasteiger partial charge in [-0.05, 0) is 42.8 Å². The third kappa shape index (κ3) is 4.32. The van der Waals surface area contributed by atoms with E-state index in [4.69, 9.17) is 0 Å². The monoisotopic (exact) mass is 319 g/mol. The van der Waals surface area contributed by atoms with Crippen molar-refractivity contribution in [1.82, 2.24) is 4.90 Å². The van der Waals surface area contributed by atoms with Gasteiger partial charge in [0.15, 0.2) is 0 Å². The van der Waals surface area contributed by atoms with Gasteiger partial charge in [0.25, 0.3) is 0 Å². The Morgan fingerprint density at radius 2 is 1.74 bits per heavy atom. The molecule has 1 nitrogen and oxygen atoms in total. The second-order valence-corrected chi connectivity index (χ2v) is 5.92. The van der Waals surface area contributed by atoms with Crippen LogP contribution < -0.4 is 0 Å². The molecule has 0 aliphatic heterocycles. The zero-order valence-corrected chi connectivity index (χ0v) is 13.2. The summed E-state index contributed by atoms with van der Waals surface area (Å²) >= 11 is 3.48. The van der Waals surface area contributed by atoms with E-state index < -0.39 is 0 Å². The fourth-order valence-electron chi connectivity index (χ4n) is 2.45. The van der Waals surface area contributed by atoms with Gasteiger partial charge in [-0.1, -0.05) is 64.8 Å². The fourth-order valence-corrected chi connectivity index (χ4v) is 2.85. The molecule has 2 aromatic carbocycles. The van der Waals surface area contributed by atoms with Gasteiger partial charge in [0.1, 0.15) is 0 Å². The molecule has 0 radical (unpaired) electrons. The first-order chi connectivity index (χ1) is 9.31. The number of unbranched alkanes of at least 4 members (excludes halogenated alkanes) is 2. The number of alkyl halides is 1. The van der Waals surface area contributed by atoms with Crippen LogP contribution in [0.5, 0.6) is 0 Å². The maximum absolute atomic E-state index is 3.48. The van der Waals surface area contributed by atoms with Crippen molar-refractivity contribution in [2.75, 3.05) is 18.9 Å². The zero-order chi connectivity index (χ0) is 13.5. The van der Waals surface area contributed by atoms with Crippen molar-refractivity contribution in [2.45, 2.75) is 25.8 Å². The Hall–Kier alpha value is -0.860. The molecular weight excluding hydrogens is 298 g/mol. The molecule has 2 aromatic rings. The minimum atomic E-state index is 1.04. The molecule has 102 valence electrons. The van der Waals surface area contributed by atoms with Crippen LogP contribution in [-0.2, 0) is 6.54 Å². The van der Waals surface area contributed by atoms with Crippen LogP contribution in [0.15, 0.2) is 42.5 Å². The van der Waals surface area contributed by atoms with Crippen molar-refractivity contribution in [2.24, 2.45) is 0 Å². The van der Waals surface area contributed by atoms with E-state index in [1.54, 1.807) is 0 Å². The van der Waals surface area contributed by atoms with Crippen molar-refractivity contribution in [3.05, 3.63) is 48.0 Å². The Labute approximate surface area is 124 Å². The van der Waals surface area contributed by atoms with Gasteiger partial charge >= 0.3 is 0 Å². The second-order valence-electron chi connectivity index (χ2n) is 5.13. The molecule has 0 unspecified atom stereocenters. The van der Waals surface area contributed by atoms with Gasteiger partial charge in [-0.2, -0.15) is 0 Å². The first-order valence-electron chi connectivity index (χ1n) is 7.02. The summed E-state index contributed by atoms with van der Waals surface area (Å²) in [6.07, 6.45) is 3.88. The number of benzene rings is 2. The van der Waals surface area contributed by atoms with E-state index >= 15 is 0 Å². The van der Waals surface area contributed by atoms with E-state index in [0.29, 0.717) is 0 Å². The van der Waals surface area contributed by atoms with E-state index in [-0.39, 0.29) is 0 Å². The van der Waals surface area contributed by atoms with Gasteiger partial charge in [0.05, 0.1) is 0 Å². The first-order valence-corrected chi connectivity index (χ1v) is 8.14. The van der Waals surface area contributed by atoms with Gasteiger partial charge in [-0.25, -0.2) is 0 Å². The Kier molecular flexibility index (Phi) is 5.87. The minimum Gasteiger partial charge on any atom is -0.302 e. The van der Waals surface area contributed by atoms with Crippen LogP contribution in [0.2, 0.25) is 0 Å². The van der Waals surface area contributed by atoms with Crippen LogP contribution in [0.1, 0.15) is 24.8 Å². The molecule has 0 spiro atoms. The molecule has 0 saturated heterocycles. The summed E-state index contributed by atoms with van der Waals surface area (Å²) in [6, 6.07) is 15.2. The van der Waals surface area contributed by atoms with Crippen molar-refractivity contribution >= 4 is 26.7 Å². The standard InChI is InChI=1S/C17H22BrN/c1-19(13-6-2-5-12-18)14-16-10-7-9-15-8-3-4-11-17(15)16/h3-4,7-11H,2,5-6,12-14H2,1H3. The second kappa shape index (κ2) is 7.66. The number of hydrogen-bond acceptors (Lipinski definition) is 1. The molecule has 0 heterocycles. The molecule has 0 aromatic heterocycles. The average Bonchev–Trinajstić information content (AvgIpc) is 2.44. The van der Waals surface area contributed by atoms with Gasteiger partial charge in [-0.3, -0.25) is 0 Å². The Bertz CT molecular complexity index is 504. The number of halogens is 1. The largest absolute Gasteiger partial charge is 0.302 e. The van der Waals surface area contributed by atoms with Crippen LogP contribution >= 0.6 is 15.9 Å². The number of nitrogens with zero attached hydrogens (tertiary/aromatic N) is 1. The SMILES string of the molecule is CN(CCCCCBr)Cc1cccc2ccccc12. The molecule has 2 rings (SSSR count). The summed E-state index contributed by atoms with van der Waals surface area (Å²) in [5.41, 5.74) is 1.43. The third-order valence-electron chi connectivity index (χ3n) is 3.49. The summed E-state index contributed by atoms with van der Waals surface area (Å²) in [6.45, 7) is 2.21. The van der Waals surface area contributed by atoms with Gasteiger partial charge < -0.3 is 4.90 Å². The van der Waals surface area contributed by atoms with Crippen molar-refractivity contribution in [3.8, 4) is 0 Å². The Morgan fingerprint density at radius 1 is 0.947 bits per heavy atom. The topological polar surface area (TPSA) is 3.24 Å². The van der Waals surface area contributed by atoms with Crippen molar-refractivity contribution < 1.29 is 0 Å². The molecule has 2 heteroatoms. The number of hydrogen-bond donors (Lipinski definition) is 0. The lowest BCUT2D eigenvalue weighted by atomic mass is 10.0. The lowest BCUT2D eigenvalue weighted by molar-refractivity contribution is 0.319. The normalized spacial score (nSPS) is 11.3. The highest BCUT2D eigenvalue weighted by atomic mass is 79.9. The van der Waals surface area contributed by atoms with Crippen LogP contribution in [-0.4, -0.2) is 23.8 Å². The Balaban J connectivity index is 1.97. The molecule has 0 aliphatic rings. The van der Waals surface area contributed by atoms with Crippen molar-refractivity contribution in [3.63, 3.8) is 0 Å². The number of rotatable bonds is 7. The molecule has 0 fully saturated rings. The quantitative estimate of drug-likeness (QED) is 0.521. The molecule has 0 saturated carbocycles. The van der Waals surface area contributed by atoms with Crippen LogP contribution in [0, 0.1) is 0 Å². The summed E-state index contributed by atoms with van der Waals surface area (Å²) in [7, 11) is 2.22. The summed E-state index contributed by atoms with van der Waals surface area (Å²) in [5, 5.41) is 3.85. The van der Waals surface area contributed by atoms with E-state index in [2.05, 4.69) is 70.3 Å². The van der Waals surface area contributed by atoms with Gasteiger partial charge in [0.2, 0.25) is 0 Å². The fraction of sp³-hybridized carbons (Fsp3) is 0.412. The third-order valence-corrected chi connectivity index (χ3v) is 4.05. The summed E-state index contributed by atoms with van der Waals surface area (Å²) in [5.74, 6) is 0. The molecule has 0 aliphatic carbocycles. The van der Waals surface area contributed by atoms with E-state index in [0.717, 1.165) is 11.9 Å². The van der Waals surface area contributed by atoms with Crippen LogP contribution in [0.4, 0.5) is 0 Å². The predicted octanol–water partition coefficient (Wildman–Crippen LogP) is 4.84. The summed E-state index contributed by atoms with van der Waals surface area (Å²) < 4.78 is 0. The van der Waals surface area contributed by atoms with E-state index in [1.807, 2.05) is 0 Å². The molecular formula is C17H22BrN. The molecule has 0 atom stereocenters. The van der Waals surface area contributed by atoms with Gasteiger partial charge in [-0.15, -0.1) is 0 Å². The predicted molar refractivity (Wildman–Crippen MR) is 87.9 cm³/mol. The van der Waals surface area contributed by atoms with Gasteiger partial charge in [0, 0.05) is 11.9 Å². The molecule has 0 bridgehead atoms. The lowest BCUT2D eigenvalue weighted by Crippen LogP contribution is -2.19. The molecule has 19 heavy (non-hydrogen) atoms. The Morgan fingerprint density at radius 3 is 2.58 bits per heavy atom. The van der Waals surface area contributed by atoms with Crippen molar-refractivity contribution in [1.29, 1.82) is 0 Å². The highest BCUT2D eigenvalue weighted by Crippen LogP contribution is 2.19. The smallest absolute Gasteiger partial charge is 0.0236 e. The maximum atomic E-state index is 3.48. The maximum Gasteiger partial charge on any atom is 0.0236 e. The van der Waals surface area contributed by atoms with Crippen LogP contribution in [0.25, 0.3) is 10.8 Å². The van der Waals surface area contributed by atoms with E-state index in [1.165, 1.54) is 42.1 Å². The molecule has 0 N–H and O–H groups in total. The highest BCUT2D eigenvalue weighted by Gasteiger charge is 2.04. The first kappa shape index (κ1) is 14.5. The average molecular weight is 320 g/mol. The lowest BCUT2D eigenvalue weighted by Gasteiger charge is -2.17. The zero-order valence-electron chi connectivity index (χ0n) is 11.6. The molecule has 0 amide bonds. The van der Waals surface area contributed by atoms with Crippen LogP contribution in [0.3, 0.4) is 0 Å². The summed E-state index contributed by atoms with van der Waals surface area (Å²) in [4.78, 5) is 2.43. The minimum absolute atomic E-state index is 1.04. The van der Waals surface area contributed by atoms with E-state index in [9.17, 15) is 0 Å². The highest BCUT2D eigenvalue weighted by molar-refractivity contribution is 9.09. The number of fused-ring (bicyclic) bond motifs is 1.